The second kappa shape index (κ2) is 3.65. The van der Waals surface area contributed by atoms with Gasteiger partial charge < -0.3 is 28.8 Å². The number of ether oxygens (including phenoxy) is 5. The van der Waals surface area contributed by atoms with Crippen molar-refractivity contribution in [3.05, 3.63) is 0 Å². The monoisotopic (exact) mass is 260 g/mol. The van der Waals surface area contributed by atoms with Gasteiger partial charge in [-0.1, -0.05) is 0 Å². The molecule has 0 aromatic rings. The molecular weight excluding hydrogens is 240 g/mol. The Kier molecular flexibility index (Phi) is 2.59. The van der Waals surface area contributed by atoms with Gasteiger partial charge >= 0.3 is 0 Å². The van der Waals surface area contributed by atoms with Gasteiger partial charge in [-0.3, -0.25) is 0 Å². The van der Waals surface area contributed by atoms with E-state index in [4.69, 9.17) is 23.7 Å². The molecule has 3 saturated heterocycles. The molecule has 3 atom stereocenters. The molecule has 0 aromatic carbocycles. The van der Waals surface area contributed by atoms with E-state index in [0.717, 1.165) is 0 Å². The predicted octanol–water partition coefficient (Wildman–Crippen LogP) is 0.377. The molecule has 1 unspecified atom stereocenters. The molecule has 3 heterocycles. The molecule has 6 nitrogen and oxygen atoms in total. The lowest BCUT2D eigenvalue weighted by molar-refractivity contribution is -0.338. The molecule has 6 heteroatoms. The predicted molar refractivity (Wildman–Crippen MR) is 59.6 cm³/mol. The number of fused-ring (bicyclic) bond motifs is 1. The minimum atomic E-state index is -0.888. The summed E-state index contributed by atoms with van der Waals surface area (Å²) in [4.78, 5) is 0. The second-order valence-electron chi connectivity index (χ2n) is 6.07. The average molecular weight is 260 g/mol. The van der Waals surface area contributed by atoms with Gasteiger partial charge in [-0.15, -0.1) is 0 Å². The van der Waals surface area contributed by atoms with E-state index in [9.17, 15) is 5.11 Å². The minimum Gasteiger partial charge on any atom is -0.387 e. The van der Waals surface area contributed by atoms with Crippen LogP contribution in [0.15, 0.2) is 0 Å². The Morgan fingerprint density at radius 2 is 1.50 bits per heavy atom. The highest BCUT2D eigenvalue weighted by molar-refractivity contribution is 5.04. The zero-order valence-electron chi connectivity index (χ0n) is 11.1. The van der Waals surface area contributed by atoms with Crippen molar-refractivity contribution in [2.75, 3.05) is 13.2 Å². The number of aliphatic hydroxyl groups is 1. The molecule has 3 aliphatic rings. The van der Waals surface area contributed by atoms with Crippen molar-refractivity contribution in [1.29, 1.82) is 0 Å². The quantitative estimate of drug-likeness (QED) is 0.679. The van der Waals surface area contributed by atoms with Gasteiger partial charge in [0.1, 0.15) is 17.8 Å². The van der Waals surface area contributed by atoms with Crippen LogP contribution >= 0.6 is 0 Å². The second-order valence-corrected chi connectivity index (χ2v) is 6.07. The maximum absolute atomic E-state index is 10.4. The molecule has 0 amide bonds. The number of rotatable bonds is 0. The van der Waals surface area contributed by atoms with Crippen LogP contribution in [0.4, 0.5) is 0 Å². The van der Waals surface area contributed by atoms with Gasteiger partial charge in [0.05, 0.1) is 13.2 Å². The van der Waals surface area contributed by atoms with Gasteiger partial charge in [0, 0.05) is 0 Å². The zero-order chi connectivity index (χ0) is 13.2. The van der Waals surface area contributed by atoms with Crippen LogP contribution in [-0.2, 0) is 23.7 Å². The number of hydrogen-bond acceptors (Lipinski definition) is 6. The molecule has 1 spiro atoms. The molecule has 0 saturated carbocycles. The lowest BCUT2D eigenvalue weighted by Gasteiger charge is -2.42. The fraction of sp³-hybridized carbons (Fsp3) is 1.00. The summed E-state index contributed by atoms with van der Waals surface area (Å²) in [6.07, 6.45) is -1.88. The first-order valence-corrected chi connectivity index (χ1v) is 6.23. The third-order valence-electron chi connectivity index (χ3n) is 3.62. The molecular formula is C12H20O6. The SMILES string of the molecule is CC1(C)OCC2(CO1)O[C@@H]1OC(C)(C)O[C@H]1C2O. The van der Waals surface area contributed by atoms with E-state index < -0.39 is 35.7 Å². The van der Waals surface area contributed by atoms with Gasteiger partial charge in [0.15, 0.2) is 17.9 Å². The van der Waals surface area contributed by atoms with E-state index in [1.807, 2.05) is 13.8 Å². The fourth-order valence-corrected chi connectivity index (χ4v) is 2.58. The largest absolute Gasteiger partial charge is 0.387 e. The first kappa shape index (κ1) is 12.8. The molecule has 0 aliphatic carbocycles. The van der Waals surface area contributed by atoms with E-state index in [1.165, 1.54) is 0 Å². The van der Waals surface area contributed by atoms with E-state index >= 15 is 0 Å². The summed E-state index contributed by atoms with van der Waals surface area (Å²) < 4.78 is 28.2. The normalized spacial score (nSPS) is 44.2. The lowest BCUT2D eigenvalue weighted by Crippen LogP contribution is -2.58. The van der Waals surface area contributed by atoms with Gasteiger partial charge in [-0.2, -0.15) is 0 Å². The maximum Gasteiger partial charge on any atom is 0.190 e. The van der Waals surface area contributed by atoms with E-state index in [1.54, 1.807) is 13.8 Å². The van der Waals surface area contributed by atoms with Crippen molar-refractivity contribution in [2.45, 2.75) is 63.4 Å². The zero-order valence-corrected chi connectivity index (χ0v) is 11.1. The topological polar surface area (TPSA) is 66.4 Å². The fourth-order valence-electron chi connectivity index (χ4n) is 2.58. The van der Waals surface area contributed by atoms with Crippen molar-refractivity contribution in [3.63, 3.8) is 0 Å². The smallest absolute Gasteiger partial charge is 0.190 e. The van der Waals surface area contributed by atoms with Crippen LogP contribution in [0.25, 0.3) is 0 Å². The summed E-state index contributed by atoms with van der Waals surface area (Å²) in [5.74, 6) is -1.37. The molecule has 104 valence electrons. The standard InChI is InChI=1S/C12H20O6/c1-10(2)14-5-12(6-15-10)8(13)7-9(18-12)17-11(3,4)16-7/h7-9,13H,5-6H2,1-4H3/t7-,8?,9-/m0/s1. The van der Waals surface area contributed by atoms with Crippen LogP contribution in [0.1, 0.15) is 27.7 Å². The molecule has 3 rings (SSSR count). The van der Waals surface area contributed by atoms with Crippen molar-refractivity contribution >= 4 is 0 Å². The number of aliphatic hydroxyl groups excluding tert-OH is 1. The maximum atomic E-state index is 10.4. The Labute approximate surface area is 106 Å². The van der Waals surface area contributed by atoms with Crippen molar-refractivity contribution < 1.29 is 28.8 Å². The summed E-state index contributed by atoms with van der Waals surface area (Å²) in [5, 5.41) is 10.4. The van der Waals surface area contributed by atoms with Crippen LogP contribution in [0.2, 0.25) is 0 Å². The Bertz CT molecular complexity index is 342. The Morgan fingerprint density at radius 1 is 0.889 bits per heavy atom. The van der Waals surface area contributed by atoms with E-state index in [0.29, 0.717) is 0 Å². The third-order valence-corrected chi connectivity index (χ3v) is 3.62. The van der Waals surface area contributed by atoms with Crippen molar-refractivity contribution in [2.24, 2.45) is 0 Å². The summed E-state index contributed by atoms with van der Waals surface area (Å²) in [7, 11) is 0. The van der Waals surface area contributed by atoms with Crippen molar-refractivity contribution in [1.82, 2.24) is 0 Å². The first-order valence-electron chi connectivity index (χ1n) is 6.23. The molecule has 0 radical (unpaired) electrons. The number of hydrogen-bond donors (Lipinski definition) is 1. The summed E-state index contributed by atoms with van der Waals surface area (Å²) >= 11 is 0. The van der Waals surface area contributed by atoms with E-state index in [2.05, 4.69) is 0 Å². The summed E-state index contributed by atoms with van der Waals surface area (Å²) in [6.45, 7) is 7.79. The van der Waals surface area contributed by atoms with Crippen LogP contribution in [0, 0.1) is 0 Å². The van der Waals surface area contributed by atoms with Crippen LogP contribution < -0.4 is 0 Å². The van der Waals surface area contributed by atoms with Crippen LogP contribution in [-0.4, -0.2) is 54.0 Å². The third kappa shape index (κ3) is 1.88. The molecule has 3 aliphatic heterocycles. The molecule has 18 heavy (non-hydrogen) atoms. The molecule has 0 aromatic heterocycles. The van der Waals surface area contributed by atoms with Crippen LogP contribution in [0.3, 0.4) is 0 Å². The Morgan fingerprint density at radius 3 is 2.06 bits per heavy atom. The van der Waals surface area contributed by atoms with Gasteiger partial charge in [-0.25, -0.2) is 0 Å². The van der Waals surface area contributed by atoms with E-state index in [-0.39, 0.29) is 13.2 Å². The van der Waals surface area contributed by atoms with Gasteiger partial charge in [-0.05, 0) is 27.7 Å². The highest BCUT2D eigenvalue weighted by Gasteiger charge is 2.63. The molecule has 3 fully saturated rings. The molecule has 1 N–H and O–H groups in total. The highest BCUT2D eigenvalue weighted by Crippen LogP contribution is 2.44. The Hall–Kier alpha value is -0.240. The van der Waals surface area contributed by atoms with Crippen molar-refractivity contribution in [3.8, 4) is 0 Å². The minimum absolute atomic E-state index is 0.265. The summed E-state index contributed by atoms with van der Waals surface area (Å²) in [5.41, 5.74) is -0.888. The van der Waals surface area contributed by atoms with Crippen LogP contribution in [0.5, 0.6) is 0 Å². The summed E-state index contributed by atoms with van der Waals surface area (Å²) in [6, 6.07) is 0. The Balaban J connectivity index is 1.75. The highest BCUT2D eigenvalue weighted by atomic mass is 16.9. The van der Waals surface area contributed by atoms with Gasteiger partial charge in [0.2, 0.25) is 0 Å². The van der Waals surface area contributed by atoms with Gasteiger partial charge in [0.25, 0.3) is 0 Å². The average Bonchev–Trinajstić information content (AvgIpc) is 2.66. The molecule has 0 bridgehead atoms. The first-order chi connectivity index (χ1) is 8.23. The lowest BCUT2D eigenvalue weighted by atomic mass is 9.96.